The second-order valence-corrected chi connectivity index (χ2v) is 6.00. The molecule has 2 atom stereocenters. The molecule has 2 aliphatic rings. The van der Waals surface area contributed by atoms with Crippen molar-refractivity contribution in [3.63, 3.8) is 0 Å². The fraction of sp³-hybridized carbons (Fsp3) is 0.786. The van der Waals surface area contributed by atoms with Gasteiger partial charge in [0.1, 0.15) is 5.82 Å². The molecular formula is C14H25N5. The summed E-state index contributed by atoms with van der Waals surface area (Å²) in [6.45, 7) is 4.65. The predicted octanol–water partition coefficient (Wildman–Crippen LogP) is 1.02. The molecule has 3 heterocycles. The average Bonchev–Trinajstić information content (AvgIpc) is 2.87. The van der Waals surface area contributed by atoms with E-state index in [0.29, 0.717) is 5.82 Å². The Morgan fingerprint density at radius 1 is 1.26 bits per heavy atom. The van der Waals surface area contributed by atoms with Crippen LogP contribution in [0.25, 0.3) is 0 Å². The van der Waals surface area contributed by atoms with Crippen molar-refractivity contribution >= 4 is 5.82 Å². The summed E-state index contributed by atoms with van der Waals surface area (Å²) in [5, 5.41) is 4.23. The van der Waals surface area contributed by atoms with Gasteiger partial charge in [0.2, 0.25) is 0 Å². The van der Waals surface area contributed by atoms with E-state index >= 15 is 0 Å². The van der Waals surface area contributed by atoms with Crippen LogP contribution in [0.5, 0.6) is 0 Å². The van der Waals surface area contributed by atoms with Crippen LogP contribution in [-0.4, -0.2) is 58.3 Å². The highest BCUT2D eigenvalue weighted by Gasteiger charge is 2.34. The maximum atomic E-state index is 5.62. The molecule has 1 aromatic heterocycles. The maximum Gasteiger partial charge on any atom is 0.145 e. The number of hydrogen-bond acceptors (Lipinski definition) is 4. The molecule has 2 N–H and O–H groups in total. The molecule has 3 rings (SSSR count). The van der Waals surface area contributed by atoms with E-state index in [-0.39, 0.29) is 0 Å². The highest BCUT2D eigenvalue weighted by molar-refractivity contribution is 5.23. The Morgan fingerprint density at radius 3 is 2.89 bits per heavy atom. The number of hydrogen-bond donors (Lipinski definition) is 1. The molecule has 0 aromatic carbocycles. The van der Waals surface area contributed by atoms with Gasteiger partial charge in [0, 0.05) is 31.4 Å². The van der Waals surface area contributed by atoms with Crippen molar-refractivity contribution in [3.8, 4) is 0 Å². The van der Waals surface area contributed by atoms with Crippen LogP contribution in [0.1, 0.15) is 25.7 Å². The fourth-order valence-electron chi connectivity index (χ4n) is 3.54. The quantitative estimate of drug-likeness (QED) is 0.881. The van der Waals surface area contributed by atoms with Gasteiger partial charge < -0.3 is 10.6 Å². The third-order valence-corrected chi connectivity index (χ3v) is 4.76. The maximum absolute atomic E-state index is 5.62. The zero-order valence-corrected chi connectivity index (χ0v) is 11.8. The first-order valence-electron chi connectivity index (χ1n) is 7.45. The molecule has 2 unspecified atom stereocenters. The van der Waals surface area contributed by atoms with E-state index in [1.165, 1.54) is 38.9 Å². The van der Waals surface area contributed by atoms with E-state index in [1.54, 1.807) is 0 Å². The largest absolute Gasteiger partial charge is 0.382 e. The van der Waals surface area contributed by atoms with Gasteiger partial charge in [-0.1, -0.05) is 0 Å². The number of fused-ring (bicyclic) bond motifs is 2. The van der Waals surface area contributed by atoms with Crippen molar-refractivity contribution in [1.29, 1.82) is 0 Å². The molecule has 0 spiro atoms. The molecule has 0 amide bonds. The Bertz CT molecular complexity index is 416. The molecule has 2 bridgehead atoms. The summed E-state index contributed by atoms with van der Waals surface area (Å²) in [5.41, 5.74) is 5.62. The van der Waals surface area contributed by atoms with Crippen molar-refractivity contribution < 1.29 is 0 Å². The number of nitrogens with zero attached hydrogens (tertiary/aromatic N) is 4. The summed E-state index contributed by atoms with van der Waals surface area (Å²) in [6.07, 6.45) is 7.24. The Morgan fingerprint density at radius 2 is 2.11 bits per heavy atom. The molecule has 2 aliphatic heterocycles. The Balaban J connectivity index is 1.45. The minimum absolute atomic E-state index is 0.619. The van der Waals surface area contributed by atoms with Crippen molar-refractivity contribution in [2.24, 2.45) is 0 Å². The third kappa shape index (κ3) is 2.92. The van der Waals surface area contributed by atoms with Gasteiger partial charge in [0.25, 0.3) is 0 Å². The van der Waals surface area contributed by atoms with E-state index in [2.05, 4.69) is 21.9 Å². The lowest BCUT2D eigenvalue weighted by Gasteiger charge is -2.25. The van der Waals surface area contributed by atoms with Gasteiger partial charge in [-0.15, -0.1) is 0 Å². The van der Waals surface area contributed by atoms with Crippen LogP contribution in [0, 0.1) is 0 Å². The average molecular weight is 263 g/mol. The smallest absolute Gasteiger partial charge is 0.145 e. The van der Waals surface area contributed by atoms with Crippen LogP contribution in [0.2, 0.25) is 0 Å². The van der Waals surface area contributed by atoms with Gasteiger partial charge in [-0.3, -0.25) is 9.58 Å². The normalized spacial score (nSPS) is 28.7. The number of nitrogen functional groups attached to an aromatic ring is 1. The van der Waals surface area contributed by atoms with Crippen molar-refractivity contribution in [3.05, 3.63) is 12.3 Å². The third-order valence-electron chi connectivity index (χ3n) is 4.76. The highest BCUT2D eigenvalue weighted by Crippen LogP contribution is 2.28. The summed E-state index contributed by atoms with van der Waals surface area (Å²) >= 11 is 0. The lowest BCUT2D eigenvalue weighted by molar-refractivity contribution is 0.215. The standard InChI is InChI=1S/C14H25N5/c1-17-12-3-4-13(17)11-18(9-5-12)7-2-8-19-10-6-14(15)16-19/h6,10,12-13H,2-5,7-9,11H2,1H3,(H2,15,16). The van der Waals surface area contributed by atoms with Crippen LogP contribution in [0.15, 0.2) is 12.3 Å². The first-order valence-corrected chi connectivity index (χ1v) is 7.45. The highest BCUT2D eigenvalue weighted by atomic mass is 15.3. The second kappa shape index (κ2) is 5.51. The summed E-state index contributed by atoms with van der Waals surface area (Å²) in [6, 6.07) is 3.48. The lowest BCUT2D eigenvalue weighted by Crippen LogP contribution is -2.37. The molecule has 5 heteroatoms. The zero-order chi connectivity index (χ0) is 13.2. The van der Waals surface area contributed by atoms with Gasteiger partial charge in [-0.25, -0.2) is 0 Å². The van der Waals surface area contributed by atoms with Gasteiger partial charge in [-0.05, 0) is 51.9 Å². The topological polar surface area (TPSA) is 50.3 Å². The van der Waals surface area contributed by atoms with Gasteiger partial charge in [-0.2, -0.15) is 5.10 Å². The van der Waals surface area contributed by atoms with Crippen LogP contribution < -0.4 is 5.73 Å². The van der Waals surface area contributed by atoms with Crippen molar-refractivity contribution in [1.82, 2.24) is 19.6 Å². The number of aromatic nitrogens is 2. The molecule has 1 aromatic rings. The van der Waals surface area contributed by atoms with Gasteiger partial charge in [0.05, 0.1) is 0 Å². The zero-order valence-electron chi connectivity index (χ0n) is 11.8. The van der Waals surface area contributed by atoms with Gasteiger partial charge >= 0.3 is 0 Å². The van der Waals surface area contributed by atoms with Gasteiger partial charge in [0.15, 0.2) is 0 Å². The van der Waals surface area contributed by atoms with Crippen molar-refractivity contribution in [2.45, 2.75) is 44.3 Å². The molecule has 106 valence electrons. The SMILES string of the molecule is CN1C2CCC1CN(CCCn1ccc(N)n1)CC2. The van der Waals surface area contributed by atoms with E-state index in [1.807, 2.05) is 16.9 Å². The minimum Gasteiger partial charge on any atom is -0.382 e. The van der Waals surface area contributed by atoms with Crippen LogP contribution >= 0.6 is 0 Å². The van der Waals surface area contributed by atoms with Crippen LogP contribution in [-0.2, 0) is 6.54 Å². The number of likely N-dealkylation sites (tertiary alicyclic amines) is 1. The Labute approximate surface area is 115 Å². The molecule has 0 saturated carbocycles. The Hall–Kier alpha value is -1.07. The Kier molecular flexibility index (Phi) is 3.75. The molecule has 0 aliphatic carbocycles. The predicted molar refractivity (Wildman–Crippen MR) is 76.9 cm³/mol. The molecule has 2 fully saturated rings. The number of aryl methyl sites for hydroxylation is 1. The number of likely N-dealkylation sites (N-methyl/N-ethyl adjacent to an activating group) is 1. The molecule has 5 nitrogen and oxygen atoms in total. The van der Waals surface area contributed by atoms with E-state index in [4.69, 9.17) is 5.73 Å². The van der Waals surface area contributed by atoms with Crippen LogP contribution in [0.3, 0.4) is 0 Å². The first kappa shape index (κ1) is 12.9. The fourth-order valence-corrected chi connectivity index (χ4v) is 3.54. The molecule has 0 radical (unpaired) electrons. The number of nitrogens with two attached hydrogens (primary N) is 1. The molecular weight excluding hydrogens is 238 g/mol. The molecule has 19 heavy (non-hydrogen) atoms. The summed E-state index contributed by atoms with van der Waals surface area (Å²) in [4.78, 5) is 5.24. The first-order chi connectivity index (χ1) is 9.22. The lowest BCUT2D eigenvalue weighted by atomic mass is 10.1. The number of rotatable bonds is 4. The van der Waals surface area contributed by atoms with E-state index in [9.17, 15) is 0 Å². The monoisotopic (exact) mass is 263 g/mol. The van der Waals surface area contributed by atoms with E-state index < -0.39 is 0 Å². The van der Waals surface area contributed by atoms with E-state index in [0.717, 1.165) is 25.0 Å². The summed E-state index contributed by atoms with van der Waals surface area (Å²) < 4.78 is 1.95. The molecule has 2 saturated heterocycles. The minimum atomic E-state index is 0.619. The summed E-state index contributed by atoms with van der Waals surface area (Å²) in [7, 11) is 2.30. The summed E-state index contributed by atoms with van der Waals surface area (Å²) in [5.74, 6) is 0.619. The second-order valence-electron chi connectivity index (χ2n) is 6.00. The van der Waals surface area contributed by atoms with Crippen LogP contribution in [0.4, 0.5) is 5.82 Å². The van der Waals surface area contributed by atoms with Crippen molar-refractivity contribution in [2.75, 3.05) is 32.4 Å². The number of anilines is 1.